The molecule has 0 aromatic rings. The van der Waals surface area contributed by atoms with Gasteiger partial charge in [-0.05, 0) is 70.6 Å². The summed E-state index contributed by atoms with van der Waals surface area (Å²) >= 11 is 0. The first kappa shape index (κ1) is 74.2. The molecule has 0 amide bonds. The van der Waals surface area contributed by atoms with Crippen LogP contribution in [0.3, 0.4) is 0 Å². The summed E-state index contributed by atoms with van der Waals surface area (Å²) in [5.74, 6) is -2.03. The second-order valence-electron chi connectivity index (χ2n) is 23.4. The van der Waals surface area contributed by atoms with Crippen molar-refractivity contribution in [3.8, 4) is 0 Å². The smallest absolute Gasteiger partial charge is 0.361 e. The second-order valence-corrected chi connectivity index (χ2v) is 23.4. The zero-order valence-electron chi connectivity index (χ0n) is 51.4. The van der Waals surface area contributed by atoms with Gasteiger partial charge in [0.15, 0.2) is 6.10 Å². The fraction of sp³-hybridized carbons (Fsp3) is 0.838. The lowest BCUT2D eigenvalue weighted by molar-refractivity contribution is -0.870. The highest BCUT2D eigenvalue weighted by Gasteiger charge is 2.25. The Morgan fingerprint density at radius 1 is 0.403 bits per heavy atom. The van der Waals surface area contributed by atoms with Crippen LogP contribution in [0.25, 0.3) is 0 Å². The monoisotopic (exact) mass is 1080 g/mol. The van der Waals surface area contributed by atoms with Crippen LogP contribution in [0.15, 0.2) is 48.6 Å². The lowest BCUT2D eigenvalue weighted by Gasteiger charge is -2.25. The lowest BCUT2D eigenvalue weighted by Crippen LogP contribution is -2.40. The highest BCUT2D eigenvalue weighted by Crippen LogP contribution is 2.18. The molecule has 0 fully saturated rings. The van der Waals surface area contributed by atoms with Crippen molar-refractivity contribution in [2.45, 2.75) is 322 Å². The average Bonchev–Trinajstić information content (AvgIpc) is 3.40. The van der Waals surface area contributed by atoms with Gasteiger partial charge in [0.05, 0.1) is 34.4 Å². The minimum absolute atomic E-state index is 0.182. The fourth-order valence-corrected chi connectivity index (χ4v) is 9.56. The van der Waals surface area contributed by atoms with Crippen LogP contribution >= 0.6 is 0 Å². The third kappa shape index (κ3) is 60.7. The quantitative estimate of drug-likeness (QED) is 0.0211. The number of hydrogen-bond donors (Lipinski definition) is 1. The standard InChI is InChI=1S/C68H125NO8/c1-6-8-10-12-14-16-18-20-21-22-23-24-25-26-27-28-29-30-31-32-33-34-35-36-37-38-39-40-41-42-43-44-45-47-48-50-52-54-56-58-65(70)75-62-64(63-76-68(67(72)73)74-61-60-69(3,4)5)77-66(71)59-57-55-53-51-49-46-19-17-15-13-11-9-7-2/h9,11,15,17,22-23,46,49,64,68H,6-8,10,12-14,16,18-21,24-45,47-48,50-63H2,1-5H3/p+1/b11-9-,17-15-,23-22-,49-46-. The van der Waals surface area contributed by atoms with E-state index in [-0.39, 0.29) is 32.2 Å². The number of carboxylic acid groups (broad SMARTS) is 1. The zero-order valence-corrected chi connectivity index (χ0v) is 51.4. The number of carboxylic acids is 1. The number of allylic oxidation sites excluding steroid dienone is 8. The van der Waals surface area contributed by atoms with Crippen LogP contribution in [-0.2, 0) is 33.3 Å². The first-order valence-corrected chi connectivity index (χ1v) is 32.8. The molecule has 0 aliphatic rings. The maximum absolute atomic E-state index is 12.8. The predicted octanol–water partition coefficient (Wildman–Crippen LogP) is 19.8. The van der Waals surface area contributed by atoms with Crippen molar-refractivity contribution in [2.75, 3.05) is 47.5 Å². The molecule has 450 valence electrons. The third-order valence-corrected chi connectivity index (χ3v) is 14.6. The first-order chi connectivity index (χ1) is 37.6. The van der Waals surface area contributed by atoms with E-state index in [1.54, 1.807) is 0 Å². The van der Waals surface area contributed by atoms with Gasteiger partial charge in [-0.25, -0.2) is 4.79 Å². The maximum Gasteiger partial charge on any atom is 0.361 e. The van der Waals surface area contributed by atoms with E-state index >= 15 is 0 Å². The molecule has 0 radical (unpaired) electrons. The Bertz CT molecular complexity index is 1400. The average molecular weight is 1090 g/mol. The van der Waals surface area contributed by atoms with E-state index in [1.165, 1.54) is 218 Å². The molecule has 0 aliphatic carbocycles. The van der Waals surface area contributed by atoms with Gasteiger partial charge in [0.1, 0.15) is 13.2 Å². The lowest BCUT2D eigenvalue weighted by atomic mass is 10.0. The molecule has 2 unspecified atom stereocenters. The van der Waals surface area contributed by atoms with Crippen LogP contribution in [0.2, 0.25) is 0 Å². The molecular formula is C68H126NO8+. The van der Waals surface area contributed by atoms with E-state index in [0.717, 1.165) is 57.8 Å². The largest absolute Gasteiger partial charge is 0.477 e. The Morgan fingerprint density at radius 2 is 0.740 bits per heavy atom. The van der Waals surface area contributed by atoms with Crippen LogP contribution < -0.4 is 0 Å². The van der Waals surface area contributed by atoms with Crippen molar-refractivity contribution in [3.63, 3.8) is 0 Å². The molecule has 0 aromatic heterocycles. The molecular weight excluding hydrogens is 959 g/mol. The molecule has 9 heteroatoms. The van der Waals surface area contributed by atoms with Crippen molar-refractivity contribution in [1.29, 1.82) is 0 Å². The van der Waals surface area contributed by atoms with Gasteiger partial charge < -0.3 is 28.5 Å². The zero-order chi connectivity index (χ0) is 56.2. The van der Waals surface area contributed by atoms with Crippen molar-refractivity contribution >= 4 is 17.9 Å². The summed E-state index contributed by atoms with van der Waals surface area (Å²) in [6, 6.07) is 0. The molecule has 0 aliphatic heterocycles. The molecule has 0 heterocycles. The number of hydrogen-bond acceptors (Lipinski definition) is 7. The van der Waals surface area contributed by atoms with E-state index in [0.29, 0.717) is 23.9 Å². The molecule has 0 saturated carbocycles. The highest BCUT2D eigenvalue weighted by atomic mass is 16.7. The summed E-state index contributed by atoms with van der Waals surface area (Å²) < 4.78 is 22.8. The van der Waals surface area contributed by atoms with Gasteiger partial charge in [0.2, 0.25) is 0 Å². The number of ether oxygens (including phenoxy) is 4. The number of quaternary nitrogens is 1. The van der Waals surface area contributed by atoms with E-state index in [1.807, 2.05) is 21.1 Å². The number of aliphatic carboxylic acids is 1. The first-order valence-electron chi connectivity index (χ1n) is 32.8. The summed E-state index contributed by atoms with van der Waals surface area (Å²) in [4.78, 5) is 37.3. The number of likely N-dealkylation sites (N-methyl/N-ethyl adjacent to an activating group) is 1. The molecule has 0 saturated heterocycles. The van der Waals surface area contributed by atoms with Crippen LogP contribution in [0, 0.1) is 0 Å². The molecule has 2 atom stereocenters. The van der Waals surface area contributed by atoms with Crippen LogP contribution in [0.5, 0.6) is 0 Å². The minimum atomic E-state index is -1.52. The number of carbonyl (C=O) groups is 3. The Balaban J connectivity index is 3.89. The summed E-state index contributed by atoms with van der Waals surface area (Å²) in [5.41, 5.74) is 0. The molecule has 0 bridgehead atoms. The highest BCUT2D eigenvalue weighted by molar-refractivity contribution is 5.71. The molecule has 0 rings (SSSR count). The molecule has 9 nitrogen and oxygen atoms in total. The van der Waals surface area contributed by atoms with Gasteiger partial charge in [-0.2, -0.15) is 0 Å². The van der Waals surface area contributed by atoms with Crippen LogP contribution in [-0.4, -0.2) is 87.4 Å². The van der Waals surface area contributed by atoms with Gasteiger partial charge in [0, 0.05) is 12.8 Å². The van der Waals surface area contributed by atoms with E-state index in [2.05, 4.69) is 62.5 Å². The normalized spacial score (nSPS) is 13.0. The second kappa shape index (κ2) is 59.4. The number of unbranched alkanes of at least 4 members (excludes halogenated alkanes) is 38. The number of esters is 2. The minimum Gasteiger partial charge on any atom is -0.477 e. The number of nitrogens with zero attached hydrogens (tertiary/aromatic N) is 1. The Labute approximate surface area is 476 Å². The van der Waals surface area contributed by atoms with E-state index in [9.17, 15) is 19.5 Å². The van der Waals surface area contributed by atoms with Gasteiger partial charge in [0.25, 0.3) is 6.29 Å². The van der Waals surface area contributed by atoms with Crippen LogP contribution in [0.1, 0.15) is 309 Å². The summed E-state index contributed by atoms with van der Waals surface area (Å²) in [6.07, 6.45) is 72.6. The number of carbonyl (C=O) groups excluding carboxylic acids is 2. The van der Waals surface area contributed by atoms with E-state index in [4.69, 9.17) is 18.9 Å². The fourth-order valence-electron chi connectivity index (χ4n) is 9.56. The Morgan fingerprint density at radius 3 is 1.13 bits per heavy atom. The van der Waals surface area contributed by atoms with Crippen molar-refractivity contribution < 1.29 is 42.9 Å². The van der Waals surface area contributed by atoms with Crippen molar-refractivity contribution in [3.05, 3.63) is 48.6 Å². The SMILES string of the molecule is CC/C=C\C/C=C\C/C=C\CCCCCC(=O)OC(COC(=O)CCCCCCCCCCCCCCCCCCCCCCCCCCCCC/C=C\CCCCCCCCCC)COC(OCC[N+](C)(C)C)C(=O)O. The van der Waals surface area contributed by atoms with Gasteiger partial charge >= 0.3 is 17.9 Å². The molecule has 1 N–H and O–H groups in total. The predicted molar refractivity (Wildman–Crippen MR) is 327 cm³/mol. The molecule has 0 aromatic carbocycles. The van der Waals surface area contributed by atoms with Gasteiger partial charge in [-0.3, -0.25) is 9.59 Å². The summed E-state index contributed by atoms with van der Waals surface area (Å²) in [6.45, 7) is 4.75. The molecule has 0 spiro atoms. The number of rotatable bonds is 61. The topological polar surface area (TPSA) is 108 Å². The summed E-state index contributed by atoms with van der Waals surface area (Å²) in [7, 11) is 5.96. The van der Waals surface area contributed by atoms with Crippen molar-refractivity contribution in [2.24, 2.45) is 0 Å². The summed E-state index contributed by atoms with van der Waals surface area (Å²) in [5, 5.41) is 9.69. The van der Waals surface area contributed by atoms with Crippen molar-refractivity contribution in [1.82, 2.24) is 0 Å². The Kier molecular flexibility index (Phi) is 57.3. The van der Waals surface area contributed by atoms with Crippen LogP contribution in [0.4, 0.5) is 0 Å². The van der Waals surface area contributed by atoms with E-state index < -0.39 is 24.3 Å². The maximum atomic E-state index is 12.8. The van der Waals surface area contributed by atoms with Gasteiger partial charge in [-0.1, -0.05) is 274 Å². The third-order valence-electron chi connectivity index (χ3n) is 14.6. The molecule has 77 heavy (non-hydrogen) atoms. The Hall–Kier alpha value is -2.75. The van der Waals surface area contributed by atoms with Gasteiger partial charge in [-0.15, -0.1) is 0 Å².